The third-order valence-corrected chi connectivity index (χ3v) is 4.70. The fourth-order valence-corrected chi connectivity index (χ4v) is 3.18. The predicted molar refractivity (Wildman–Crippen MR) is 85.2 cm³/mol. The number of hydrogen-bond donors (Lipinski definition) is 0. The van der Waals surface area contributed by atoms with E-state index in [0.717, 1.165) is 19.3 Å². The fraction of sp³-hybridized carbons (Fsp3) is 0.353. The molecule has 24 heavy (non-hydrogen) atoms. The molecule has 1 amide bonds. The monoisotopic (exact) mass is 355 g/mol. The van der Waals surface area contributed by atoms with Gasteiger partial charge in [-0.05, 0) is 55.0 Å². The Hall–Kier alpha value is -2.02. The van der Waals surface area contributed by atoms with E-state index < -0.39 is 6.36 Å². The van der Waals surface area contributed by atoms with Gasteiger partial charge >= 0.3 is 6.36 Å². The highest BCUT2D eigenvalue weighted by Crippen LogP contribution is 2.29. The molecule has 1 aromatic carbocycles. The normalized spacial score (nSPS) is 14.5. The minimum Gasteiger partial charge on any atom is -0.406 e. The van der Waals surface area contributed by atoms with Gasteiger partial charge in [0.15, 0.2) is 0 Å². The van der Waals surface area contributed by atoms with Crippen LogP contribution in [-0.2, 0) is 6.42 Å². The van der Waals surface area contributed by atoms with Crippen LogP contribution in [0.2, 0.25) is 0 Å². The van der Waals surface area contributed by atoms with Gasteiger partial charge in [-0.2, -0.15) is 0 Å². The Balaban J connectivity index is 1.66. The molecule has 1 saturated carbocycles. The molecular formula is C17H16F3NO2S. The highest BCUT2D eigenvalue weighted by molar-refractivity contribution is 7.09. The van der Waals surface area contributed by atoms with Gasteiger partial charge in [0.1, 0.15) is 5.75 Å². The third kappa shape index (κ3) is 4.50. The molecule has 0 atom stereocenters. The maximum absolute atomic E-state index is 12.6. The summed E-state index contributed by atoms with van der Waals surface area (Å²) in [4.78, 5) is 15.7. The molecule has 1 aromatic heterocycles. The van der Waals surface area contributed by atoms with Gasteiger partial charge in [0.05, 0.1) is 0 Å². The number of benzene rings is 1. The lowest BCUT2D eigenvalue weighted by molar-refractivity contribution is -0.274. The highest BCUT2D eigenvalue weighted by atomic mass is 32.1. The summed E-state index contributed by atoms with van der Waals surface area (Å²) in [5.74, 6) is -0.469. The van der Waals surface area contributed by atoms with Crippen molar-refractivity contribution >= 4 is 17.2 Å². The van der Waals surface area contributed by atoms with Gasteiger partial charge in [-0.3, -0.25) is 4.79 Å². The highest BCUT2D eigenvalue weighted by Gasteiger charge is 2.33. The molecule has 0 spiro atoms. The van der Waals surface area contributed by atoms with E-state index in [0.29, 0.717) is 12.1 Å². The number of ether oxygens (including phenoxy) is 1. The number of thiophene rings is 1. The molecule has 1 aliphatic carbocycles. The molecule has 0 bridgehead atoms. The van der Waals surface area contributed by atoms with Crippen LogP contribution in [0.25, 0.3) is 0 Å². The molecule has 0 aliphatic heterocycles. The lowest BCUT2D eigenvalue weighted by atomic mass is 10.1. The second-order valence-corrected chi connectivity index (χ2v) is 6.66. The van der Waals surface area contributed by atoms with Crippen molar-refractivity contribution in [2.24, 2.45) is 0 Å². The number of carbonyl (C=O) groups excluding carboxylic acids is 1. The smallest absolute Gasteiger partial charge is 0.406 e. The molecular weight excluding hydrogens is 339 g/mol. The Morgan fingerprint density at radius 3 is 2.46 bits per heavy atom. The van der Waals surface area contributed by atoms with E-state index in [4.69, 9.17) is 0 Å². The van der Waals surface area contributed by atoms with Crippen molar-refractivity contribution in [1.82, 2.24) is 4.90 Å². The van der Waals surface area contributed by atoms with Crippen molar-refractivity contribution in [3.05, 3.63) is 52.2 Å². The molecule has 7 heteroatoms. The van der Waals surface area contributed by atoms with Crippen molar-refractivity contribution in [2.45, 2.75) is 31.7 Å². The molecule has 0 saturated heterocycles. The van der Waals surface area contributed by atoms with Crippen LogP contribution in [0.3, 0.4) is 0 Å². The molecule has 2 aromatic rings. The largest absolute Gasteiger partial charge is 0.573 e. The molecule has 0 radical (unpaired) electrons. The van der Waals surface area contributed by atoms with E-state index >= 15 is 0 Å². The number of nitrogens with zero attached hydrogens (tertiary/aromatic N) is 1. The summed E-state index contributed by atoms with van der Waals surface area (Å²) in [5.41, 5.74) is 0.377. The van der Waals surface area contributed by atoms with E-state index in [1.54, 1.807) is 11.3 Å². The summed E-state index contributed by atoms with van der Waals surface area (Å²) >= 11 is 1.65. The second kappa shape index (κ2) is 6.84. The Kier molecular flexibility index (Phi) is 4.80. The van der Waals surface area contributed by atoms with Crippen molar-refractivity contribution < 1.29 is 22.7 Å². The van der Waals surface area contributed by atoms with Gasteiger partial charge in [-0.15, -0.1) is 24.5 Å². The van der Waals surface area contributed by atoms with Crippen LogP contribution < -0.4 is 4.74 Å². The zero-order chi connectivity index (χ0) is 17.2. The second-order valence-electron chi connectivity index (χ2n) is 5.63. The number of halogens is 3. The molecule has 1 aliphatic rings. The van der Waals surface area contributed by atoms with Crippen LogP contribution >= 0.6 is 11.3 Å². The van der Waals surface area contributed by atoms with Gasteiger partial charge < -0.3 is 9.64 Å². The summed E-state index contributed by atoms with van der Waals surface area (Å²) in [7, 11) is 0. The third-order valence-electron chi connectivity index (χ3n) is 3.76. The Morgan fingerprint density at radius 1 is 1.21 bits per heavy atom. The predicted octanol–water partition coefficient (Wildman–Crippen LogP) is 4.49. The summed E-state index contributed by atoms with van der Waals surface area (Å²) in [6, 6.07) is 9.35. The lowest BCUT2D eigenvalue weighted by Crippen LogP contribution is -2.34. The molecule has 3 rings (SSSR count). The number of amides is 1. The number of hydrogen-bond acceptors (Lipinski definition) is 3. The van der Waals surface area contributed by atoms with Crippen LogP contribution in [0.4, 0.5) is 13.2 Å². The standard InChI is InChI=1S/C17H16F3NO2S/c18-17(19,20)23-14-7-3-12(4-8-14)16(22)21(13-5-6-13)10-9-15-2-1-11-24-15/h1-4,7-8,11,13H,5-6,9-10H2. The zero-order valence-corrected chi connectivity index (χ0v) is 13.6. The maximum atomic E-state index is 12.6. The molecule has 0 N–H and O–H groups in total. The Morgan fingerprint density at radius 2 is 1.92 bits per heavy atom. The first-order chi connectivity index (χ1) is 11.4. The van der Waals surface area contributed by atoms with Crippen LogP contribution in [0, 0.1) is 0 Å². The molecule has 3 nitrogen and oxygen atoms in total. The average molecular weight is 355 g/mol. The Labute approximate surface area is 141 Å². The van der Waals surface area contributed by atoms with E-state index in [2.05, 4.69) is 4.74 Å². The zero-order valence-electron chi connectivity index (χ0n) is 12.8. The van der Waals surface area contributed by atoms with Crippen LogP contribution in [0.1, 0.15) is 28.1 Å². The molecule has 0 unspecified atom stereocenters. The minimum atomic E-state index is -4.73. The van der Waals surface area contributed by atoms with E-state index in [-0.39, 0.29) is 17.7 Å². The van der Waals surface area contributed by atoms with Crippen LogP contribution in [0.5, 0.6) is 5.75 Å². The summed E-state index contributed by atoms with van der Waals surface area (Å²) in [6.07, 6.45) is -1.99. The van der Waals surface area contributed by atoms with E-state index in [1.807, 2.05) is 22.4 Å². The number of alkyl halides is 3. The first kappa shape index (κ1) is 16.8. The average Bonchev–Trinajstić information content (AvgIpc) is 3.22. The van der Waals surface area contributed by atoms with Crippen molar-refractivity contribution in [2.75, 3.05) is 6.54 Å². The fourth-order valence-electron chi connectivity index (χ4n) is 2.49. The quantitative estimate of drug-likeness (QED) is 0.764. The van der Waals surface area contributed by atoms with E-state index in [9.17, 15) is 18.0 Å². The minimum absolute atomic E-state index is 0.146. The topological polar surface area (TPSA) is 29.5 Å². The molecule has 1 fully saturated rings. The SMILES string of the molecule is O=C(c1ccc(OC(F)(F)F)cc1)N(CCc1cccs1)C1CC1. The summed E-state index contributed by atoms with van der Waals surface area (Å²) in [6.45, 7) is 0.616. The Bertz CT molecular complexity index is 679. The van der Waals surface area contributed by atoms with Gasteiger partial charge in [-0.1, -0.05) is 6.07 Å². The lowest BCUT2D eigenvalue weighted by Gasteiger charge is -2.22. The first-order valence-corrected chi connectivity index (χ1v) is 8.49. The first-order valence-electron chi connectivity index (χ1n) is 7.61. The van der Waals surface area contributed by atoms with Gasteiger partial charge in [0.25, 0.3) is 5.91 Å². The number of rotatable bonds is 6. The van der Waals surface area contributed by atoms with Crippen LogP contribution in [-0.4, -0.2) is 29.8 Å². The number of carbonyl (C=O) groups is 1. The molecule has 1 heterocycles. The van der Waals surface area contributed by atoms with Crippen molar-refractivity contribution in [3.63, 3.8) is 0 Å². The maximum Gasteiger partial charge on any atom is 0.573 e. The molecule has 128 valence electrons. The van der Waals surface area contributed by atoms with Gasteiger partial charge in [-0.25, -0.2) is 0 Å². The van der Waals surface area contributed by atoms with E-state index in [1.165, 1.54) is 29.1 Å². The van der Waals surface area contributed by atoms with Gasteiger partial charge in [0.2, 0.25) is 0 Å². The van der Waals surface area contributed by atoms with Crippen molar-refractivity contribution in [3.8, 4) is 5.75 Å². The summed E-state index contributed by atoms with van der Waals surface area (Å²) < 4.78 is 40.4. The van der Waals surface area contributed by atoms with Crippen LogP contribution in [0.15, 0.2) is 41.8 Å². The van der Waals surface area contributed by atoms with Gasteiger partial charge in [0, 0.05) is 23.0 Å². The van der Waals surface area contributed by atoms with Crippen molar-refractivity contribution in [1.29, 1.82) is 0 Å². The summed E-state index contributed by atoms with van der Waals surface area (Å²) in [5, 5.41) is 2.00.